The molecule has 0 aliphatic carbocycles. The minimum absolute atomic E-state index is 0.0617. The summed E-state index contributed by atoms with van der Waals surface area (Å²) in [6.07, 6.45) is -0.259. The fourth-order valence-electron chi connectivity index (χ4n) is 2.24. The lowest BCUT2D eigenvalue weighted by Crippen LogP contribution is -2.15. The molecule has 2 unspecified atom stereocenters. The van der Waals surface area contributed by atoms with Crippen LogP contribution in [0.4, 0.5) is 0 Å². The molecule has 0 bridgehead atoms. The van der Waals surface area contributed by atoms with E-state index >= 15 is 0 Å². The number of rotatable bonds is 3. The molecule has 1 aromatic rings. The summed E-state index contributed by atoms with van der Waals surface area (Å²) in [6.45, 7) is 0. The van der Waals surface area contributed by atoms with Crippen LogP contribution in [0.15, 0.2) is 24.3 Å². The molecule has 0 spiro atoms. The van der Waals surface area contributed by atoms with Gasteiger partial charge in [0.25, 0.3) is 0 Å². The smallest absolute Gasteiger partial charge is 0.150 e. The molecule has 0 radical (unpaired) electrons. The quantitative estimate of drug-likeness (QED) is 0.881. The first-order valence-electron chi connectivity index (χ1n) is 5.55. The van der Waals surface area contributed by atoms with Crippen molar-refractivity contribution >= 4 is 9.84 Å². The molecule has 94 valence electrons. The van der Waals surface area contributed by atoms with Crippen molar-refractivity contribution in [3.8, 4) is 5.75 Å². The van der Waals surface area contributed by atoms with Crippen molar-refractivity contribution in [2.75, 3.05) is 18.6 Å². The van der Waals surface area contributed by atoms with Gasteiger partial charge in [-0.25, -0.2) is 8.42 Å². The highest BCUT2D eigenvalue weighted by atomic mass is 32.2. The lowest BCUT2D eigenvalue weighted by atomic mass is 9.95. The van der Waals surface area contributed by atoms with E-state index in [4.69, 9.17) is 4.74 Å². The second-order valence-corrected chi connectivity index (χ2v) is 6.58. The first-order valence-corrected chi connectivity index (χ1v) is 7.37. The number of methoxy groups -OCH3 is 1. The molecule has 5 heteroatoms. The van der Waals surface area contributed by atoms with Crippen molar-refractivity contribution in [2.45, 2.75) is 12.5 Å². The van der Waals surface area contributed by atoms with E-state index in [1.807, 2.05) is 12.1 Å². The van der Waals surface area contributed by atoms with Crippen molar-refractivity contribution < 1.29 is 18.3 Å². The van der Waals surface area contributed by atoms with Crippen molar-refractivity contribution in [1.82, 2.24) is 0 Å². The lowest BCUT2D eigenvalue weighted by Gasteiger charge is -2.19. The fourth-order valence-corrected chi connectivity index (χ4v) is 4.07. The molecule has 2 atom stereocenters. The second-order valence-electron chi connectivity index (χ2n) is 4.35. The molecule has 1 fully saturated rings. The SMILES string of the molecule is COc1ccccc1C(O)C1CCS(=O)(=O)C1. The summed E-state index contributed by atoms with van der Waals surface area (Å²) < 4.78 is 27.9. The molecule has 1 heterocycles. The largest absolute Gasteiger partial charge is 0.496 e. The predicted octanol–water partition coefficient (Wildman–Crippen LogP) is 1.16. The van der Waals surface area contributed by atoms with Gasteiger partial charge in [-0.15, -0.1) is 0 Å². The van der Waals surface area contributed by atoms with Crippen LogP contribution in [0.2, 0.25) is 0 Å². The van der Waals surface area contributed by atoms with Crippen LogP contribution >= 0.6 is 0 Å². The molecule has 1 N–H and O–H groups in total. The Morgan fingerprint density at radius 1 is 1.41 bits per heavy atom. The van der Waals surface area contributed by atoms with Crippen LogP contribution in [0.25, 0.3) is 0 Å². The van der Waals surface area contributed by atoms with Gasteiger partial charge >= 0.3 is 0 Å². The van der Waals surface area contributed by atoms with Crippen LogP contribution in [0.3, 0.4) is 0 Å². The van der Waals surface area contributed by atoms with Gasteiger partial charge < -0.3 is 9.84 Å². The molecule has 2 rings (SSSR count). The average molecular weight is 256 g/mol. The number of benzene rings is 1. The maximum absolute atomic E-state index is 11.4. The minimum Gasteiger partial charge on any atom is -0.496 e. The number of hydrogen-bond donors (Lipinski definition) is 1. The normalized spacial score (nSPS) is 24.5. The molecule has 1 aliphatic rings. The molecule has 1 aromatic carbocycles. The summed E-state index contributed by atoms with van der Waals surface area (Å²) in [5.74, 6) is 0.608. The monoisotopic (exact) mass is 256 g/mol. The highest BCUT2D eigenvalue weighted by molar-refractivity contribution is 7.91. The Balaban J connectivity index is 2.23. The van der Waals surface area contributed by atoms with Gasteiger partial charge in [0.05, 0.1) is 24.7 Å². The zero-order valence-corrected chi connectivity index (χ0v) is 10.5. The van der Waals surface area contributed by atoms with Crippen molar-refractivity contribution in [3.05, 3.63) is 29.8 Å². The summed E-state index contributed by atoms with van der Waals surface area (Å²) in [5.41, 5.74) is 0.664. The summed E-state index contributed by atoms with van der Waals surface area (Å²) >= 11 is 0. The summed E-state index contributed by atoms with van der Waals surface area (Å²) in [6, 6.07) is 7.17. The van der Waals surface area contributed by atoms with Crippen molar-refractivity contribution in [3.63, 3.8) is 0 Å². The van der Waals surface area contributed by atoms with Crippen LogP contribution in [-0.4, -0.2) is 32.1 Å². The van der Waals surface area contributed by atoms with E-state index in [0.29, 0.717) is 17.7 Å². The highest BCUT2D eigenvalue weighted by Gasteiger charge is 2.34. The Kier molecular flexibility index (Phi) is 3.40. The van der Waals surface area contributed by atoms with Crippen molar-refractivity contribution in [1.29, 1.82) is 0 Å². The number of aliphatic hydroxyl groups is 1. The van der Waals surface area contributed by atoms with E-state index in [1.54, 1.807) is 12.1 Å². The van der Waals surface area contributed by atoms with Gasteiger partial charge in [0.15, 0.2) is 9.84 Å². The van der Waals surface area contributed by atoms with Crippen molar-refractivity contribution in [2.24, 2.45) is 5.92 Å². The molecule has 1 aliphatic heterocycles. The summed E-state index contributed by atoms with van der Waals surface area (Å²) in [4.78, 5) is 0. The first kappa shape index (κ1) is 12.4. The van der Waals surface area contributed by atoms with Crippen LogP contribution in [0.1, 0.15) is 18.1 Å². The molecular formula is C12H16O4S. The minimum atomic E-state index is -2.97. The number of para-hydroxylation sites is 1. The second kappa shape index (κ2) is 4.66. The molecule has 17 heavy (non-hydrogen) atoms. The molecule has 0 amide bonds. The van der Waals surface area contributed by atoms with Gasteiger partial charge in [0.1, 0.15) is 5.75 Å². The lowest BCUT2D eigenvalue weighted by molar-refractivity contribution is 0.118. The van der Waals surface area contributed by atoms with Crippen LogP contribution in [0, 0.1) is 5.92 Å². The van der Waals surface area contributed by atoms with Crippen LogP contribution in [0.5, 0.6) is 5.75 Å². The fraction of sp³-hybridized carbons (Fsp3) is 0.500. The summed E-state index contributed by atoms with van der Waals surface area (Å²) in [7, 11) is -1.43. The standard InChI is InChI=1S/C12H16O4S/c1-16-11-5-3-2-4-10(11)12(13)9-6-7-17(14,15)8-9/h2-5,9,12-13H,6-8H2,1H3. The van der Waals surface area contributed by atoms with Gasteiger partial charge in [0.2, 0.25) is 0 Å². The Labute approximate surface area is 101 Å². The summed E-state index contributed by atoms with van der Waals surface area (Å²) in [5, 5.41) is 10.2. The van der Waals surface area contributed by atoms with Gasteiger partial charge in [-0.1, -0.05) is 18.2 Å². The molecule has 0 aromatic heterocycles. The first-order chi connectivity index (χ1) is 8.03. The average Bonchev–Trinajstić information content (AvgIpc) is 2.68. The third kappa shape index (κ3) is 2.61. The zero-order chi connectivity index (χ0) is 12.5. The Morgan fingerprint density at radius 3 is 2.71 bits per heavy atom. The number of sulfone groups is 1. The van der Waals surface area contributed by atoms with E-state index in [-0.39, 0.29) is 17.4 Å². The van der Waals surface area contributed by atoms with Crippen LogP contribution in [-0.2, 0) is 9.84 Å². The van der Waals surface area contributed by atoms with E-state index in [0.717, 1.165) is 0 Å². The zero-order valence-electron chi connectivity index (χ0n) is 9.67. The molecule has 0 saturated carbocycles. The van der Waals surface area contributed by atoms with Crippen LogP contribution < -0.4 is 4.74 Å². The maximum atomic E-state index is 11.4. The van der Waals surface area contributed by atoms with Gasteiger partial charge in [0, 0.05) is 11.5 Å². The number of hydrogen-bond acceptors (Lipinski definition) is 4. The van der Waals surface area contributed by atoms with E-state index in [1.165, 1.54) is 7.11 Å². The maximum Gasteiger partial charge on any atom is 0.150 e. The Morgan fingerprint density at radius 2 is 2.12 bits per heavy atom. The van der Waals surface area contributed by atoms with E-state index < -0.39 is 15.9 Å². The van der Waals surface area contributed by atoms with Gasteiger partial charge in [-0.05, 0) is 12.5 Å². The molecule has 4 nitrogen and oxygen atoms in total. The molecular weight excluding hydrogens is 240 g/mol. The third-order valence-electron chi connectivity index (χ3n) is 3.17. The number of ether oxygens (including phenoxy) is 1. The van der Waals surface area contributed by atoms with E-state index in [9.17, 15) is 13.5 Å². The number of aliphatic hydroxyl groups excluding tert-OH is 1. The molecule has 1 saturated heterocycles. The highest BCUT2D eigenvalue weighted by Crippen LogP contribution is 2.35. The predicted molar refractivity (Wildman–Crippen MR) is 64.7 cm³/mol. The van der Waals surface area contributed by atoms with Gasteiger partial charge in [-0.2, -0.15) is 0 Å². The Hall–Kier alpha value is -1.07. The third-order valence-corrected chi connectivity index (χ3v) is 4.97. The Bertz CT molecular complexity index is 495. The van der Waals surface area contributed by atoms with Gasteiger partial charge in [-0.3, -0.25) is 0 Å². The van der Waals surface area contributed by atoms with E-state index in [2.05, 4.69) is 0 Å². The topological polar surface area (TPSA) is 63.6 Å².